The van der Waals surface area contributed by atoms with Crippen LogP contribution in [0.2, 0.25) is 0 Å². The van der Waals surface area contributed by atoms with Crippen LogP contribution >= 0.6 is 15.6 Å². The van der Waals surface area contributed by atoms with E-state index in [1.807, 2.05) is 0 Å². The van der Waals surface area contributed by atoms with Crippen molar-refractivity contribution in [2.75, 3.05) is 39.6 Å². The summed E-state index contributed by atoms with van der Waals surface area (Å²) in [5.41, 5.74) is 0. The van der Waals surface area contributed by atoms with E-state index in [0.717, 1.165) is 108 Å². The molecule has 0 aliphatic rings. The Kier molecular flexibility index (Phi) is 69.0. The molecule has 0 radical (unpaired) electrons. The van der Waals surface area contributed by atoms with Crippen LogP contribution in [0.25, 0.3) is 0 Å². The normalized spacial score (nSPS) is 14.0. The fraction of sp³-hybridized carbons (Fsp3) is 0.950. The fourth-order valence-electron chi connectivity index (χ4n) is 12.3. The van der Waals surface area contributed by atoms with Crippen molar-refractivity contribution in [3.8, 4) is 0 Å². The van der Waals surface area contributed by atoms with Crippen LogP contribution in [0.1, 0.15) is 414 Å². The van der Waals surface area contributed by atoms with Crippen LogP contribution in [-0.2, 0) is 65.4 Å². The summed E-state index contributed by atoms with van der Waals surface area (Å²) in [6.07, 6.45) is 58.5. The maximum Gasteiger partial charge on any atom is 0.472 e. The predicted octanol–water partition coefficient (Wildman–Crippen LogP) is 23.7. The molecule has 0 fully saturated rings. The van der Waals surface area contributed by atoms with Gasteiger partial charge in [-0.15, -0.1) is 0 Å². The van der Waals surface area contributed by atoms with Crippen molar-refractivity contribution in [3.05, 3.63) is 0 Å². The maximum absolute atomic E-state index is 13.1. The molecule has 99 heavy (non-hydrogen) atoms. The van der Waals surface area contributed by atoms with Gasteiger partial charge in [0.1, 0.15) is 19.3 Å². The Morgan fingerprint density at radius 3 is 0.687 bits per heavy atom. The molecule has 3 N–H and O–H groups in total. The van der Waals surface area contributed by atoms with Gasteiger partial charge in [0.25, 0.3) is 0 Å². The number of esters is 4. The van der Waals surface area contributed by atoms with E-state index in [1.165, 1.54) is 218 Å². The molecule has 0 saturated carbocycles. The lowest BCUT2D eigenvalue weighted by Gasteiger charge is -2.21. The summed E-state index contributed by atoms with van der Waals surface area (Å²) >= 11 is 0. The van der Waals surface area contributed by atoms with Crippen molar-refractivity contribution in [2.24, 2.45) is 17.8 Å². The van der Waals surface area contributed by atoms with Crippen LogP contribution in [0.15, 0.2) is 0 Å². The molecular formula is C80H156O17P2. The quantitative estimate of drug-likeness (QED) is 0.0222. The van der Waals surface area contributed by atoms with Crippen molar-refractivity contribution in [2.45, 2.75) is 433 Å². The van der Waals surface area contributed by atoms with Gasteiger partial charge < -0.3 is 33.8 Å². The highest BCUT2D eigenvalue weighted by atomic mass is 31.2. The van der Waals surface area contributed by atoms with Gasteiger partial charge in [-0.25, -0.2) is 9.13 Å². The summed E-state index contributed by atoms with van der Waals surface area (Å²) in [5, 5.41) is 10.6. The van der Waals surface area contributed by atoms with Gasteiger partial charge in [-0.1, -0.05) is 363 Å². The molecule has 19 heteroatoms. The zero-order valence-corrected chi connectivity index (χ0v) is 66.8. The summed E-state index contributed by atoms with van der Waals surface area (Å²) in [6.45, 7) is 11.9. The van der Waals surface area contributed by atoms with Gasteiger partial charge in [-0.2, -0.15) is 0 Å². The summed E-state index contributed by atoms with van der Waals surface area (Å²) in [6, 6.07) is 0. The molecule has 5 atom stereocenters. The van der Waals surface area contributed by atoms with Gasteiger partial charge in [0.05, 0.1) is 26.4 Å². The number of unbranched alkanes of at least 4 members (excludes halogenated alkanes) is 46. The molecule has 588 valence electrons. The Morgan fingerprint density at radius 2 is 0.465 bits per heavy atom. The van der Waals surface area contributed by atoms with E-state index in [0.29, 0.717) is 31.6 Å². The molecule has 0 rings (SSSR count). The minimum Gasteiger partial charge on any atom is -0.462 e. The van der Waals surface area contributed by atoms with Crippen molar-refractivity contribution < 1.29 is 80.2 Å². The fourth-order valence-corrected chi connectivity index (χ4v) is 13.9. The first-order valence-corrected chi connectivity index (χ1v) is 44.3. The van der Waals surface area contributed by atoms with E-state index < -0.39 is 97.5 Å². The van der Waals surface area contributed by atoms with E-state index in [9.17, 15) is 43.2 Å². The second-order valence-electron chi connectivity index (χ2n) is 30.2. The number of carbonyl (C=O) groups is 4. The molecule has 0 amide bonds. The first kappa shape index (κ1) is 97.1. The minimum absolute atomic E-state index is 0.105. The maximum atomic E-state index is 13.1. The highest BCUT2D eigenvalue weighted by molar-refractivity contribution is 7.47. The molecule has 0 heterocycles. The van der Waals surface area contributed by atoms with Gasteiger partial charge in [0.2, 0.25) is 0 Å². The molecule has 17 nitrogen and oxygen atoms in total. The minimum atomic E-state index is -4.96. The smallest absolute Gasteiger partial charge is 0.462 e. The Balaban J connectivity index is 5.23. The molecule has 0 aromatic heterocycles. The van der Waals surface area contributed by atoms with Crippen molar-refractivity contribution in [3.63, 3.8) is 0 Å². The number of phosphoric ester groups is 2. The topological polar surface area (TPSA) is 237 Å². The Labute approximate surface area is 607 Å². The SMILES string of the molecule is CCCCCCCCCCCCCCCCCCCCCC(=O)O[C@H](COC(=O)CCCCCCCCCCCCCCCCC(C)C)COP(=O)(O)OC[C@@H](O)COP(=O)(O)OC[C@@H](COC(=O)CCCCCCCCC(C)C)OC(=O)CCCCCCCCCCCCCC(C)C. The Morgan fingerprint density at radius 1 is 0.273 bits per heavy atom. The number of ether oxygens (including phenoxy) is 4. The van der Waals surface area contributed by atoms with Crippen molar-refractivity contribution in [1.82, 2.24) is 0 Å². The average molecular weight is 1450 g/mol. The number of hydrogen-bond donors (Lipinski definition) is 3. The molecule has 0 aromatic carbocycles. The number of rotatable bonds is 78. The molecule has 2 unspecified atom stereocenters. The monoisotopic (exact) mass is 1450 g/mol. The van der Waals surface area contributed by atoms with Crippen LogP contribution < -0.4 is 0 Å². The third-order valence-corrected chi connectivity index (χ3v) is 20.5. The van der Waals surface area contributed by atoms with E-state index in [-0.39, 0.29) is 25.7 Å². The van der Waals surface area contributed by atoms with Gasteiger partial charge in [-0.3, -0.25) is 37.3 Å². The molecule has 0 aromatic rings. The van der Waals surface area contributed by atoms with Crippen molar-refractivity contribution >= 4 is 39.5 Å². The lowest BCUT2D eigenvalue weighted by Crippen LogP contribution is -2.30. The number of phosphoric acid groups is 2. The van der Waals surface area contributed by atoms with Crippen molar-refractivity contribution in [1.29, 1.82) is 0 Å². The zero-order chi connectivity index (χ0) is 73.0. The van der Waals surface area contributed by atoms with Crippen LogP contribution in [0, 0.1) is 17.8 Å². The summed E-state index contributed by atoms with van der Waals surface area (Å²) in [5.74, 6) is 0.129. The molecule has 0 bridgehead atoms. The largest absolute Gasteiger partial charge is 0.472 e. The second kappa shape index (κ2) is 70.4. The first-order chi connectivity index (χ1) is 47.7. The highest BCUT2D eigenvalue weighted by Crippen LogP contribution is 2.45. The lowest BCUT2D eigenvalue weighted by atomic mass is 10.0. The molecule has 0 saturated heterocycles. The van der Waals surface area contributed by atoms with Crippen LogP contribution in [0.4, 0.5) is 0 Å². The zero-order valence-electron chi connectivity index (χ0n) is 65.0. The summed E-state index contributed by atoms with van der Waals surface area (Å²) in [7, 11) is -9.92. The second-order valence-corrected chi connectivity index (χ2v) is 33.1. The predicted molar refractivity (Wildman–Crippen MR) is 405 cm³/mol. The standard InChI is InChI=1S/C80H156O17P2/c1-8-9-10-11-12-13-14-15-16-17-18-19-20-25-30-35-40-49-56-63-79(84)96-75(67-90-77(82)61-54-47-39-34-29-24-22-21-23-27-32-37-44-51-58-71(2)3)69-94-98(86,87)92-65-74(81)66-93-99(88,89)95-70-76(68-91-78(83)62-55-48-43-42-46-53-60-73(6)7)97-80(85)64-57-50-41-36-31-26-28-33-38-45-52-59-72(4)5/h71-76,81H,8-70H2,1-7H3,(H,86,87)(H,88,89)/t74-,75-,76-/m1/s1. The summed E-state index contributed by atoms with van der Waals surface area (Å²) in [4.78, 5) is 72.9. The van der Waals surface area contributed by atoms with Crippen LogP contribution in [0.5, 0.6) is 0 Å². The van der Waals surface area contributed by atoms with Gasteiger partial charge in [0.15, 0.2) is 12.2 Å². The average Bonchev–Trinajstić information content (AvgIpc) is 0.996. The van der Waals surface area contributed by atoms with E-state index in [1.54, 1.807) is 0 Å². The van der Waals surface area contributed by atoms with E-state index >= 15 is 0 Å². The van der Waals surface area contributed by atoms with Gasteiger partial charge in [-0.05, 0) is 43.4 Å². The van der Waals surface area contributed by atoms with E-state index in [4.69, 9.17) is 37.0 Å². The molecule has 0 spiro atoms. The number of hydrogen-bond acceptors (Lipinski definition) is 15. The third kappa shape index (κ3) is 74.1. The van der Waals surface area contributed by atoms with Gasteiger partial charge in [0, 0.05) is 25.7 Å². The Bertz CT molecular complexity index is 1920. The molecule has 0 aliphatic carbocycles. The number of aliphatic hydroxyl groups is 1. The lowest BCUT2D eigenvalue weighted by molar-refractivity contribution is -0.161. The molecule has 0 aliphatic heterocycles. The number of aliphatic hydroxyl groups excluding tert-OH is 1. The van der Waals surface area contributed by atoms with E-state index in [2.05, 4.69) is 48.5 Å². The Hall–Kier alpha value is -1.94. The highest BCUT2D eigenvalue weighted by Gasteiger charge is 2.30. The van der Waals surface area contributed by atoms with Crippen LogP contribution in [0.3, 0.4) is 0 Å². The van der Waals surface area contributed by atoms with Gasteiger partial charge >= 0.3 is 39.5 Å². The van der Waals surface area contributed by atoms with Crippen LogP contribution in [-0.4, -0.2) is 96.7 Å². The first-order valence-electron chi connectivity index (χ1n) is 41.3. The number of carbonyl (C=O) groups excluding carboxylic acids is 4. The molecular weight excluding hydrogens is 1290 g/mol. The third-order valence-electron chi connectivity index (χ3n) is 18.6. The summed E-state index contributed by atoms with van der Waals surface area (Å²) < 4.78 is 68.6.